The van der Waals surface area contributed by atoms with E-state index in [1.807, 2.05) is 0 Å². The largest absolute Gasteiger partial charge is 0.413 e. The van der Waals surface area contributed by atoms with Crippen molar-refractivity contribution in [3.05, 3.63) is 33.1 Å². The third-order valence-corrected chi connectivity index (χ3v) is 11.8. The van der Waals surface area contributed by atoms with Crippen molar-refractivity contribution >= 4 is 8.32 Å². The summed E-state index contributed by atoms with van der Waals surface area (Å²) >= 11 is 0. The average Bonchev–Trinajstić information content (AvgIpc) is 2.61. The highest BCUT2D eigenvalue weighted by Gasteiger charge is 2.48. The number of aliphatic hydroxyl groups is 1. The van der Waals surface area contributed by atoms with Crippen molar-refractivity contribution in [2.24, 2.45) is 0 Å². The molecule has 0 unspecified atom stereocenters. The van der Waals surface area contributed by atoms with E-state index in [0.717, 1.165) is 0 Å². The van der Waals surface area contributed by atoms with Crippen LogP contribution in [0.1, 0.15) is 47.8 Å². The Morgan fingerprint density at radius 1 is 1.25 bits per heavy atom. The van der Waals surface area contributed by atoms with Gasteiger partial charge in [0.2, 0.25) is 0 Å². The van der Waals surface area contributed by atoms with Gasteiger partial charge in [0.05, 0.1) is 26.4 Å². The predicted octanol–water partition coefficient (Wildman–Crippen LogP) is 2.01. The Kier molecular flexibility index (Phi) is 7.43. The van der Waals surface area contributed by atoms with Crippen LogP contribution in [0.4, 0.5) is 0 Å². The van der Waals surface area contributed by atoms with Crippen molar-refractivity contribution < 1.29 is 19.0 Å². The minimum absolute atomic E-state index is 0.148. The smallest absolute Gasteiger partial charge is 0.330 e. The number of aliphatic hydroxyl groups excluding tert-OH is 1. The van der Waals surface area contributed by atoms with Crippen LogP contribution >= 0.6 is 0 Å². The fourth-order valence-corrected chi connectivity index (χ4v) is 9.97. The normalized spacial score (nSPS) is 23.7. The minimum Gasteiger partial charge on any atom is -0.413 e. The lowest BCUT2D eigenvalue weighted by atomic mass is 10.1. The highest BCUT2D eigenvalue weighted by atomic mass is 28.4. The van der Waals surface area contributed by atoms with E-state index < -0.39 is 31.4 Å². The van der Waals surface area contributed by atoms with Gasteiger partial charge in [-0.05, 0) is 16.6 Å². The second kappa shape index (κ2) is 9.04. The van der Waals surface area contributed by atoms with Crippen LogP contribution in [0.5, 0.6) is 0 Å². The quantitative estimate of drug-likeness (QED) is 0.631. The molecule has 1 aromatic rings. The van der Waals surface area contributed by atoms with Gasteiger partial charge in [-0.2, -0.15) is 0 Å². The topological polar surface area (TPSA) is 103 Å². The highest BCUT2D eigenvalue weighted by Crippen LogP contribution is 2.43. The molecule has 2 rings (SSSR count). The first-order chi connectivity index (χ1) is 13.1. The molecule has 0 aliphatic carbocycles. The molecule has 8 nitrogen and oxygen atoms in total. The van der Waals surface area contributed by atoms with E-state index in [4.69, 9.17) is 13.9 Å². The summed E-state index contributed by atoms with van der Waals surface area (Å²) in [4.78, 5) is 25.6. The Bertz CT molecular complexity index is 738. The first-order valence-electron chi connectivity index (χ1n) is 9.90. The third-order valence-electron chi connectivity index (χ3n) is 5.75. The second-order valence-corrected chi connectivity index (χ2v) is 14.0. The zero-order valence-electron chi connectivity index (χ0n) is 17.7. The molecule has 1 saturated heterocycles. The molecule has 1 aliphatic rings. The molecule has 0 bridgehead atoms. The number of ether oxygens (including phenoxy) is 2. The molecule has 2 atom stereocenters. The van der Waals surface area contributed by atoms with Crippen molar-refractivity contribution in [1.82, 2.24) is 9.55 Å². The van der Waals surface area contributed by atoms with Gasteiger partial charge < -0.3 is 19.0 Å². The van der Waals surface area contributed by atoms with Gasteiger partial charge in [0.1, 0.15) is 5.60 Å². The molecule has 2 N–H and O–H groups in total. The van der Waals surface area contributed by atoms with E-state index >= 15 is 0 Å². The summed E-state index contributed by atoms with van der Waals surface area (Å²) in [7, 11) is -2.16. The summed E-state index contributed by atoms with van der Waals surface area (Å²) < 4.78 is 19.7. The van der Waals surface area contributed by atoms with Gasteiger partial charge >= 0.3 is 5.69 Å². The molecule has 0 saturated carbocycles. The predicted molar refractivity (Wildman–Crippen MR) is 109 cm³/mol. The number of hydrogen-bond donors (Lipinski definition) is 2. The van der Waals surface area contributed by atoms with Crippen LogP contribution in [0.25, 0.3) is 0 Å². The Morgan fingerprint density at radius 3 is 2.36 bits per heavy atom. The number of aromatic amines is 1. The Labute approximate surface area is 167 Å². The summed E-state index contributed by atoms with van der Waals surface area (Å²) in [5.41, 5.74) is -0.932. The van der Waals surface area contributed by atoms with Crippen LogP contribution in [-0.2, 0) is 13.9 Å². The molecule has 0 amide bonds. The fraction of sp³-hybridized carbons (Fsp3) is 0.789. The molecule has 2 heterocycles. The maximum atomic E-state index is 12.1. The zero-order valence-corrected chi connectivity index (χ0v) is 18.7. The van der Waals surface area contributed by atoms with Gasteiger partial charge in [0, 0.05) is 12.3 Å². The average molecular weight is 415 g/mol. The van der Waals surface area contributed by atoms with E-state index in [-0.39, 0.29) is 26.4 Å². The van der Waals surface area contributed by atoms with Gasteiger partial charge in [-0.25, -0.2) is 4.79 Å². The zero-order chi connectivity index (χ0) is 21.1. The fourth-order valence-electron chi connectivity index (χ4n) is 4.45. The van der Waals surface area contributed by atoms with E-state index in [9.17, 15) is 14.7 Å². The van der Waals surface area contributed by atoms with Gasteiger partial charge in [-0.3, -0.25) is 14.3 Å². The van der Waals surface area contributed by atoms with E-state index in [1.54, 1.807) is 0 Å². The summed E-state index contributed by atoms with van der Waals surface area (Å²) in [6.07, 6.45) is 0.626. The summed E-state index contributed by atoms with van der Waals surface area (Å²) in [6, 6.07) is 1.25. The number of nitrogens with zero attached hydrogens (tertiary/aromatic N) is 1. The molecule has 1 aromatic heterocycles. The molecule has 28 heavy (non-hydrogen) atoms. The van der Waals surface area contributed by atoms with Crippen LogP contribution in [0.3, 0.4) is 0 Å². The number of aromatic nitrogens is 2. The lowest BCUT2D eigenvalue weighted by molar-refractivity contribution is -0.247. The summed E-state index contributed by atoms with van der Waals surface area (Å²) in [5, 5.41) is 10.1. The Hall–Kier alpha value is -1.26. The first kappa shape index (κ1) is 23.0. The third kappa shape index (κ3) is 4.49. The van der Waals surface area contributed by atoms with Gasteiger partial charge in [0.15, 0.2) is 14.5 Å². The molecular formula is C19H34N2O6Si. The van der Waals surface area contributed by atoms with Crippen molar-refractivity contribution in [1.29, 1.82) is 0 Å². The molecule has 1 aliphatic heterocycles. The number of hydrogen-bond acceptors (Lipinski definition) is 6. The SMILES string of the molecule is CC(C)[Si](OC[C@@]1(CO)COC[C@H](n2ccc(=O)[nH]c2=O)O1)(C(C)C)C(C)C. The van der Waals surface area contributed by atoms with Gasteiger partial charge in [-0.1, -0.05) is 41.5 Å². The molecular weight excluding hydrogens is 380 g/mol. The Morgan fingerprint density at radius 2 is 1.86 bits per heavy atom. The molecule has 160 valence electrons. The molecule has 1 fully saturated rings. The van der Waals surface area contributed by atoms with Crippen LogP contribution in [0, 0.1) is 0 Å². The van der Waals surface area contributed by atoms with Crippen molar-refractivity contribution in [3.8, 4) is 0 Å². The molecule has 0 radical (unpaired) electrons. The summed E-state index contributed by atoms with van der Waals surface area (Å²) in [5.74, 6) is 0. The van der Waals surface area contributed by atoms with Crippen molar-refractivity contribution in [3.63, 3.8) is 0 Å². The van der Waals surface area contributed by atoms with Gasteiger partial charge in [0.25, 0.3) is 5.56 Å². The molecule has 0 aromatic carbocycles. The van der Waals surface area contributed by atoms with E-state index in [2.05, 4.69) is 46.5 Å². The second-order valence-electron chi connectivity index (χ2n) is 8.55. The van der Waals surface area contributed by atoms with Crippen molar-refractivity contribution in [2.75, 3.05) is 26.4 Å². The number of nitrogens with one attached hydrogen (secondary N) is 1. The highest BCUT2D eigenvalue weighted by molar-refractivity contribution is 6.77. The number of rotatable bonds is 8. The van der Waals surface area contributed by atoms with Gasteiger partial charge in [-0.15, -0.1) is 0 Å². The summed E-state index contributed by atoms with van der Waals surface area (Å²) in [6.45, 7) is 13.4. The standard InChI is InChI=1S/C19H34N2O6Si/c1-13(2)28(14(3)4,15(5)6)26-12-19(10-22)11-25-9-17(27-19)21-8-7-16(23)20-18(21)24/h7-8,13-15,17,22H,9-12H2,1-6H3,(H,20,23,24)/t17-,19-/m1/s1. The van der Waals surface area contributed by atoms with Crippen LogP contribution in [0.15, 0.2) is 21.9 Å². The number of H-pyrrole nitrogens is 1. The molecule has 0 spiro atoms. The van der Waals surface area contributed by atoms with E-state index in [1.165, 1.54) is 16.8 Å². The first-order valence-corrected chi connectivity index (χ1v) is 12.0. The monoisotopic (exact) mass is 414 g/mol. The maximum absolute atomic E-state index is 12.1. The lowest BCUT2D eigenvalue weighted by Crippen LogP contribution is -2.57. The van der Waals surface area contributed by atoms with Crippen LogP contribution in [0.2, 0.25) is 16.6 Å². The van der Waals surface area contributed by atoms with E-state index in [0.29, 0.717) is 16.6 Å². The van der Waals surface area contributed by atoms with Crippen LogP contribution < -0.4 is 11.2 Å². The lowest BCUT2D eigenvalue weighted by Gasteiger charge is -2.46. The van der Waals surface area contributed by atoms with Crippen LogP contribution in [-0.4, -0.2) is 55.0 Å². The Balaban J connectivity index is 2.26. The van der Waals surface area contributed by atoms with Crippen molar-refractivity contribution in [2.45, 2.75) is 70.0 Å². The molecule has 9 heteroatoms. The minimum atomic E-state index is -2.16. The maximum Gasteiger partial charge on any atom is 0.330 e.